The zero-order valence-corrected chi connectivity index (χ0v) is 16.3. The number of carbonyl (C=O) groups is 3. The van der Waals surface area contributed by atoms with Gasteiger partial charge in [0.25, 0.3) is 5.91 Å². The van der Waals surface area contributed by atoms with Gasteiger partial charge in [0.2, 0.25) is 11.8 Å². The Kier molecular flexibility index (Phi) is 6.05. The van der Waals surface area contributed by atoms with Crippen LogP contribution in [0.2, 0.25) is 0 Å². The zero-order chi connectivity index (χ0) is 19.5. The van der Waals surface area contributed by atoms with Crippen LogP contribution < -0.4 is 15.5 Å². The Morgan fingerprint density at radius 1 is 1.27 bits per heavy atom. The van der Waals surface area contributed by atoms with Gasteiger partial charge in [-0.15, -0.1) is 0 Å². The molecule has 1 aromatic carbocycles. The fourth-order valence-corrected chi connectivity index (χ4v) is 3.13. The molecule has 0 atom stereocenters. The molecule has 142 valence electrons. The van der Waals surface area contributed by atoms with Crippen molar-refractivity contribution in [3.63, 3.8) is 0 Å². The summed E-state index contributed by atoms with van der Waals surface area (Å²) in [4.78, 5) is 38.4. The Bertz CT molecular complexity index is 710. The van der Waals surface area contributed by atoms with Gasteiger partial charge >= 0.3 is 0 Å². The average Bonchev–Trinajstić information content (AvgIpc) is 2.56. The van der Waals surface area contributed by atoms with Crippen LogP contribution in [0.4, 0.5) is 5.69 Å². The number of nitrogens with one attached hydrogen (secondary N) is 2. The third kappa shape index (κ3) is 4.42. The lowest BCUT2D eigenvalue weighted by Gasteiger charge is -2.39. The molecule has 26 heavy (non-hydrogen) atoms. The second-order valence-corrected chi connectivity index (χ2v) is 7.69. The second kappa shape index (κ2) is 7.89. The van der Waals surface area contributed by atoms with Crippen molar-refractivity contribution in [2.75, 3.05) is 18.0 Å². The summed E-state index contributed by atoms with van der Waals surface area (Å²) >= 11 is 0. The fourth-order valence-electron chi connectivity index (χ4n) is 3.13. The van der Waals surface area contributed by atoms with Gasteiger partial charge in [-0.2, -0.15) is 0 Å². The van der Waals surface area contributed by atoms with E-state index in [4.69, 9.17) is 0 Å². The molecule has 1 aliphatic heterocycles. The van der Waals surface area contributed by atoms with E-state index in [1.165, 1.54) is 0 Å². The highest BCUT2D eigenvalue weighted by molar-refractivity contribution is 6.02. The molecule has 0 saturated carbocycles. The van der Waals surface area contributed by atoms with E-state index in [-0.39, 0.29) is 23.8 Å². The molecule has 0 unspecified atom stereocenters. The van der Waals surface area contributed by atoms with E-state index < -0.39 is 5.41 Å². The maximum Gasteiger partial charge on any atom is 0.251 e. The maximum absolute atomic E-state index is 12.9. The van der Waals surface area contributed by atoms with Crippen molar-refractivity contribution in [2.24, 2.45) is 5.41 Å². The quantitative estimate of drug-likeness (QED) is 0.818. The molecule has 1 heterocycles. The summed E-state index contributed by atoms with van der Waals surface area (Å²) in [6, 6.07) is 5.55. The first-order valence-electron chi connectivity index (χ1n) is 9.18. The van der Waals surface area contributed by atoms with E-state index >= 15 is 0 Å². The van der Waals surface area contributed by atoms with Gasteiger partial charge in [0.1, 0.15) is 0 Å². The summed E-state index contributed by atoms with van der Waals surface area (Å²) in [5, 5.41) is 5.68. The third-order valence-corrected chi connectivity index (χ3v) is 4.49. The Labute approximate surface area is 155 Å². The minimum absolute atomic E-state index is 0.0113. The molecule has 0 fully saturated rings. The van der Waals surface area contributed by atoms with Gasteiger partial charge in [-0.05, 0) is 38.0 Å². The SMILES string of the molecule is CCC(=O)NCCN1C(=O)C(C)(C)Cc2ccc(C(=O)NC(C)C)cc21. The highest BCUT2D eigenvalue weighted by Crippen LogP contribution is 2.37. The smallest absolute Gasteiger partial charge is 0.251 e. The van der Waals surface area contributed by atoms with E-state index in [1.54, 1.807) is 24.0 Å². The molecule has 1 aromatic rings. The summed E-state index contributed by atoms with van der Waals surface area (Å²) in [6.45, 7) is 10.2. The Hall–Kier alpha value is -2.37. The van der Waals surface area contributed by atoms with E-state index in [1.807, 2.05) is 33.8 Å². The predicted molar refractivity (Wildman–Crippen MR) is 102 cm³/mol. The van der Waals surface area contributed by atoms with E-state index in [0.717, 1.165) is 11.3 Å². The number of amides is 3. The number of anilines is 1. The van der Waals surface area contributed by atoms with Gasteiger partial charge in [0, 0.05) is 42.2 Å². The molecular weight excluding hydrogens is 330 g/mol. The van der Waals surface area contributed by atoms with Gasteiger partial charge in [0.15, 0.2) is 0 Å². The van der Waals surface area contributed by atoms with Crippen LogP contribution >= 0.6 is 0 Å². The molecular formula is C20H29N3O3. The normalized spacial score (nSPS) is 15.6. The Morgan fingerprint density at radius 3 is 2.58 bits per heavy atom. The molecule has 2 rings (SSSR count). The molecule has 2 N–H and O–H groups in total. The average molecular weight is 359 g/mol. The second-order valence-electron chi connectivity index (χ2n) is 7.69. The predicted octanol–water partition coefficient (Wildman–Crippen LogP) is 2.27. The van der Waals surface area contributed by atoms with Crippen molar-refractivity contribution in [3.8, 4) is 0 Å². The monoisotopic (exact) mass is 359 g/mol. The maximum atomic E-state index is 12.9. The van der Waals surface area contributed by atoms with Gasteiger partial charge < -0.3 is 15.5 Å². The number of carbonyl (C=O) groups excluding carboxylic acids is 3. The van der Waals surface area contributed by atoms with Crippen molar-refractivity contribution >= 4 is 23.4 Å². The summed E-state index contributed by atoms with van der Waals surface area (Å²) in [5.41, 5.74) is 1.82. The molecule has 0 aromatic heterocycles. The standard InChI is InChI=1S/C20H29N3O3/c1-6-17(24)21-9-10-23-16-11-14(18(25)22-13(2)3)7-8-15(16)12-20(4,5)19(23)26/h7-8,11,13H,6,9-10,12H2,1-5H3,(H,21,24)(H,22,25). The lowest BCUT2D eigenvalue weighted by molar-refractivity contribution is -0.127. The Morgan fingerprint density at radius 2 is 1.96 bits per heavy atom. The van der Waals surface area contributed by atoms with Gasteiger partial charge in [-0.1, -0.05) is 26.8 Å². The van der Waals surface area contributed by atoms with Crippen LogP contribution in [0.1, 0.15) is 57.0 Å². The van der Waals surface area contributed by atoms with Crippen molar-refractivity contribution in [2.45, 2.75) is 53.5 Å². The lowest BCUT2D eigenvalue weighted by Crippen LogP contribution is -2.49. The lowest BCUT2D eigenvalue weighted by atomic mass is 9.80. The first kappa shape index (κ1) is 19.9. The third-order valence-electron chi connectivity index (χ3n) is 4.49. The van der Waals surface area contributed by atoms with Gasteiger partial charge in [-0.25, -0.2) is 0 Å². The van der Waals surface area contributed by atoms with Crippen LogP contribution in [-0.2, 0) is 16.0 Å². The van der Waals surface area contributed by atoms with Gasteiger partial charge in [0.05, 0.1) is 0 Å². The van der Waals surface area contributed by atoms with Crippen LogP contribution in [-0.4, -0.2) is 36.9 Å². The summed E-state index contributed by atoms with van der Waals surface area (Å²) in [7, 11) is 0. The van der Waals surface area contributed by atoms with Crippen molar-refractivity contribution in [1.29, 1.82) is 0 Å². The van der Waals surface area contributed by atoms with Crippen LogP contribution in [0.25, 0.3) is 0 Å². The topological polar surface area (TPSA) is 78.5 Å². The molecule has 6 nitrogen and oxygen atoms in total. The summed E-state index contributed by atoms with van der Waals surface area (Å²) in [5.74, 6) is -0.185. The molecule has 0 bridgehead atoms. The largest absolute Gasteiger partial charge is 0.354 e. The Balaban J connectivity index is 2.30. The minimum atomic E-state index is -0.510. The molecule has 3 amide bonds. The number of rotatable bonds is 6. The molecule has 0 spiro atoms. The minimum Gasteiger partial charge on any atom is -0.354 e. The van der Waals surface area contributed by atoms with Crippen molar-refractivity contribution in [3.05, 3.63) is 29.3 Å². The first-order chi connectivity index (χ1) is 12.2. The molecule has 0 radical (unpaired) electrons. The molecule has 0 saturated heterocycles. The molecule has 1 aliphatic rings. The first-order valence-corrected chi connectivity index (χ1v) is 9.18. The number of fused-ring (bicyclic) bond motifs is 1. The number of benzene rings is 1. The van der Waals surface area contributed by atoms with Gasteiger partial charge in [-0.3, -0.25) is 14.4 Å². The summed E-state index contributed by atoms with van der Waals surface area (Å²) in [6.07, 6.45) is 1.04. The fraction of sp³-hybridized carbons (Fsp3) is 0.550. The highest BCUT2D eigenvalue weighted by Gasteiger charge is 2.39. The van der Waals surface area contributed by atoms with E-state index in [2.05, 4.69) is 10.6 Å². The van der Waals surface area contributed by atoms with Crippen LogP contribution in [0.15, 0.2) is 18.2 Å². The van der Waals surface area contributed by atoms with Crippen LogP contribution in [0.3, 0.4) is 0 Å². The van der Waals surface area contributed by atoms with E-state index in [0.29, 0.717) is 31.5 Å². The molecule has 0 aliphatic carbocycles. The van der Waals surface area contributed by atoms with Crippen molar-refractivity contribution < 1.29 is 14.4 Å². The zero-order valence-electron chi connectivity index (χ0n) is 16.3. The highest BCUT2D eigenvalue weighted by atomic mass is 16.2. The molecule has 6 heteroatoms. The number of hydrogen-bond donors (Lipinski definition) is 2. The number of hydrogen-bond acceptors (Lipinski definition) is 3. The van der Waals surface area contributed by atoms with E-state index in [9.17, 15) is 14.4 Å². The van der Waals surface area contributed by atoms with Crippen molar-refractivity contribution in [1.82, 2.24) is 10.6 Å². The van der Waals surface area contributed by atoms with Crippen LogP contribution in [0, 0.1) is 5.41 Å². The summed E-state index contributed by atoms with van der Waals surface area (Å²) < 4.78 is 0. The van der Waals surface area contributed by atoms with Crippen LogP contribution in [0.5, 0.6) is 0 Å². The number of nitrogens with zero attached hydrogens (tertiary/aromatic N) is 1.